The normalized spacial score (nSPS) is 32.8. The van der Waals surface area contributed by atoms with Crippen molar-refractivity contribution in [2.45, 2.75) is 31.3 Å². The summed E-state index contributed by atoms with van der Waals surface area (Å²) in [5.74, 6) is 0. The minimum absolute atomic E-state index is 0.467. The lowest BCUT2D eigenvalue weighted by Gasteiger charge is -2.24. The Bertz CT molecular complexity index is 126. The molecule has 0 aromatic carbocycles. The van der Waals surface area contributed by atoms with Crippen LogP contribution in [0.1, 0.15) is 25.7 Å². The highest BCUT2D eigenvalue weighted by Gasteiger charge is 2.25. The van der Waals surface area contributed by atoms with E-state index in [2.05, 4.69) is 11.9 Å². The largest absolute Gasteiger partial charge is 0.390 e. The average molecular weight is 155 g/mol. The molecule has 0 radical (unpaired) electrons. The molecule has 0 aromatic rings. The van der Waals surface area contributed by atoms with Crippen LogP contribution < -0.4 is 5.32 Å². The summed E-state index contributed by atoms with van der Waals surface area (Å²) >= 11 is 0. The van der Waals surface area contributed by atoms with Gasteiger partial charge in [-0.2, -0.15) is 0 Å². The van der Waals surface area contributed by atoms with Crippen molar-refractivity contribution in [1.29, 1.82) is 0 Å². The van der Waals surface area contributed by atoms with Gasteiger partial charge in [-0.25, -0.2) is 0 Å². The minimum atomic E-state index is -0.467. The molecule has 1 fully saturated rings. The molecule has 64 valence electrons. The van der Waals surface area contributed by atoms with E-state index >= 15 is 0 Å². The van der Waals surface area contributed by atoms with Crippen LogP contribution in [0.3, 0.4) is 0 Å². The van der Waals surface area contributed by atoms with Gasteiger partial charge in [0.25, 0.3) is 0 Å². The van der Waals surface area contributed by atoms with Gasteiger partial charge in [0.05, 0.1) is 5.60 Å². The first-order chi connectivity index (χ1) is 5.27. The summed E-state index contributed by atoms with van der Waals surface area (Å²) in [6.45, 7) is 5.63. The fourth-order valence-corrected chi connectivity index (χ4v) is 1.59. The van der Waals surface area contributed by atoms with Crippen molar-refractivity contribution >= 4 is 0 Å². The quantitative estimate of drug-likeness (QED) is 0.585. The third-order valence-electron chi connectivity index (χ3n) is 2.29. The molecule has 1 unspecified atom stereocenters. The van der Waals surface area contributed by atoms with Gasteiger partial charge in [0, 0.05) is 0 Å². The highest BCUT2D eigenvalue weighted by Crippen LogP contribution is 2.23. The predicted molar refractivity (Wildman–Crippen MR) is 46.5 cm³/mol. The van der Waals surface area contributed by atoms with Crippen LogP contribution in [-0.2, 0) is 0 Å². The van der Waals surface area contributed by atoms with Gasteiger partial charge < -0.3 is 10.4 Å². The second-order valence-corrected chi connectivity index (χ2v) is 3.32. The van der Waals surface area contributed by atoms with Gasteiger partial charge in [-0.05, 0) is 38.8 Å². The lowest BCUT2D eigenvalue weighted by atomic mass is 9.91. The molecular formula is C9H17NO. The number of aliphatic hydroxyl groups is 1. The molecule has 11 heavy (non-hydrogen) atoms. The fraction of sp³-hybridized carbons (Fsp3) is 0.778. The zero-order chi connectivity index (χ0) is 8.16. The first-order valence-corrected chi connectivity index (χ1v) is 4.31. The molecule has 1 atom stereocenters. The van der Waals surface area contributed by atoms with E-state index in [1.807, 2.05) is 6.08 Å². The minimum Gasteiger partial charge on any atom is -0.390 e. The van der Waals surface area contributed by atoms with Gasteiger partial charge >= 0.3 is 0 Å². The number of hydrogen-bond donors (Lipinski definition) is 2. The molecule has 1 aliphatic rings. The smallest absolute Gasteiger partial charge is 0.0694 e. The third kappa shape index (κ3) is 2.64. The fourth-order valence-electron chi connectivity index (χ4n) is 1.59. The second-order valence-electron chi connectivity index (χ2n) is 3.32. The maximum atomic E-state index is 9.94. The van der Waals surface area contributed by atoms with Crippen LogP contribution in [0.2, 0.25) is 0 Å². The number of nitrogens with one attached hydrogen (secondary N) is 1. The molecule has 0 bridgehead atoms. The van der Waals surface area contributed by atoms with E-state index in [1.165, 1.54) is 0 Å². The first kappa shape index (κ1) is 8.75. The third-order valence-corrected chi connectivity index (χ3v) is 2.29. The van der Waals surface area contributed by atoms with Gasteiger partial charge in [-0.1, -0.05) is 6.08 Å². The Morgan fingerprint density at radius 3 is 3.00 bits per heavy atom. The summed E-state index contributed by atoms with van der Waals surface area (Å²) in [7, 11) is 0. The van der Waals surface area contributed by atoms with E-state index in [1.54, 1.807) is 0 Å². The lowest BCUT2D eigenvalue weighted by molar-refractivity contribution is 0.0312. The molecule has 0 saturated carbocycles. The number of rotatable bonds is 2. The molecule has 1 saturated heterocycles. The summed E-state index contributed by atoms with van der Waals surface area (Å²) in [6, 6.07) is 0. The van der Waals surface area contributed by atoms with E-state index in [0.29, 0.717) is 0 Å². The Labute approximate surface area is 68.3 Å². The van der Waals surface area contributed by atoms with Crippen LogP contribution >= 0.6 is 0 Å². The summed E-state index contributed by atoms with van der Waals surface area (Å²) in [4.78, 5) is 0. The molecule has 2 nitrogen and oxygen atoms in total. The van der Waals surface area contributed by atoms with Crippen LogP contribution in [0, 0.1) is 0 Å². The Morgan fingerprint density at radius 1 is 1.45 bits per heavy atom. The van der Waals surface area contributed by atoms with Crippen LogP contribution in [0.4, 0.5) is 0 Å². The highest BCUT2D eigenvalue weighted by molar-refractivity contribution is 4.88. The standard InChI is InChI=1S/C9H17NO/c1-2-4-9(11)5-3-7-10-8-6-9/h2,10-11H,1,3-8H2. The van der Waals surface area contributed by atoms with Crippen molar-refractivity contribution in [1.82, 2.24) is 5.32 Å². The molecule has 1 heterocycles. The zero-order valence-corrected chi connectivity index (χ0v) is 6.97. The Hall–Kier alpha value is -0.340. The van der Waals surface area contributed by atoms with Crippen molar-refractivity contribution in [3.8, 4) is 0 Å². The summed E-state index contributed by atoms with van der Waals surface area (Å²) < 4.78 is 0. The van der Waals surface area contributed by atoms with Crippen LogP contribution in [0.25, 0.3) is 0 Å². The molecule has 0 aliphatic carbocycles. The van der Waals surface area contributed by atoms with Crippen molar-refractivity contribution in [3.05, 3.63) is 12.7 Å². The van der Waals surface area contributed by atoms with Gasteiger partial charge in [-0.3, -0.25) is 0 Å². The summed E-state index contributed by atoms with van der Waals surface area (Å²) in [5.41, 5.74) is -0.467. The lowest BCUT2D eigenvalue weighted by Crippen LogP contribution is -2.28. The second kappa shape index (κ2) is 3.88. The summed E-state index contributed by atoms with van der Waals surface area (Å²) in [5, 5.41) is 13.2. The van der Waals surface area contributed by atoms with Crippen LogP contribution in [0.15, 0.2) is 12.7 Å². The Balaban J connectivity index is 2.44. The summed E-state index contributed by atoms with van der Waals surface area (Å²) in [6.07, 6.45) is 5.38. The van der Waals surface area contributed by atoms with Gasteiger partial charge in [-0.15, -0.1) is 6.58 Å². The van der Waals surface area contributed by atoms with Crippen molar-refractivity contribution in [2.24, 2.45) is 0 Å². The SMILES string of the molecule is C=CCC1(O)CCCNCC1. The van der Waals surface area contributed by atoms with Crippen molar-refractivity contribution < 1.29 is 5.11 Å². The van der Waals surface area contributed by atoms with Crippen molar-refractivity contribution in [3.63, 3.8) is 0 Å². The van der Waals surface area contributed by atoms with E-state index in [4.69, 9.17) is 0 Å². The monoisotopic (exact) mass is 155 g/mol. The number of hydrogen-bond acceptors (Lipinski definition) is 2. The molecule has 2 heteroatoms. The van der Waals surface area contributed by atoms with Crippen LogP contribution in [-0.4, -0.2) is 23.8 Å². The van der Waals surface area contributed by atoms with Crippen molar-refractivity contribution in [2.75, 3.05) is 13.1 Å². The highest BCUT2D eigenvalue weighted by atomic mass is 16.3. The topological polar surface area (TPSA) is 32.3 Å². The van der Waals surface area contributed by atoms with Gasteiger partial charge in [0.2, 0.25) is 0 Å². The molecule has 0 spiro atoms. The van der Waals surface area contributed by atoms with E-state index in [9.17, 15) is 5.11 Å². The maximum Gasteiger partial charge on any atom is 0.0694 e. The molecule has 2 N–H and O–H groups in total. The molecule has 0 aromatic heterocycles. The molecule has 1 rings (SSSR count). The maximum absolute atomic E-state index is 9.94. The molecule has 1 aliphatic heterocycles. The van der Waals surface area contributed by atoms with E-state index in [-0.39, 0.29) is 0 Å². The Morgan fingerprint density at radius 2 is 2.27 bits per heavy atom. The Kier molecular flexibility index (Phi) is 3.09. The molecule has 0 amide bonds. The predicted octanol–water partition coefficient (Wildman–Crippen LogP) is 1.07. The van der Waals surface area contributed by atoms with E-state index < -0.39 is 5.60 Å². The zero-order valence-electron chi connectivity index (χ0n) is 6.97. The molecular weight excluding hydrogens is 138 g/mol. The first-order valence-electron chi connectivity index (χ1n) is 4.31. The van der Waals surface area contributed by atoms with E-state index in [0.717, 1.165) is 38.8 Å². The van der Waals surface area contributed by atoms with Gasteiger partial charge in [0.1, 0.15) is 0 Å². The average Bonchev–Trinajstić information content (AvgIpc) is 2.15. The van der Waals surface area contributed by atoms with Crippen LogP contribution in [0.5, 0.6) is 0 Å². The van der Waals surface area contributed by atoms with Gasteiger partial charge in [0.15, 0.2) is 0 Å².